The Hall–Kier alpha value is -1.10. The summed E-state index contributed by atoms with van der Waals surface area (Å²) in [5, 5.41) is 10.6. The first-order valence-corrected chi connectivity index (χ1v) is 4.55. The normalized spacial score (nSPS) is 24.0. The number of carboxylic acids is 1. The van der Waals surface area contributed by atoms with Crippen molar-refractivity contribution in [2.75, 3.05) is 20.3 Å². The Kier molecular flexibility index (Phi) is 3.46. The zero-order valence-corrected chi connectivity index (χ0v) is 8.36. The van der Waals surface area contributed by atoms with Crippen molar-refractivity contribution in [2.45, 2.75) is 19.4 Å². The first kappa shape index (κ1) is 11.0. The summed E-state index contributed by atoms with van der Waals surface area (Å²) >= 11 is 0. The van der Waals surface area contributed by atoms with Crippen LogP contribution >= 0.6 is 0 Å². The molecule has 1 aliphatic heterocycles. The molecule has 1 heterocycles. The van der Waals surface area contributed by atoms with Crippen LogP contribution < -0.4 is 5.11 Å². The summed E-state index contributed by atoms with van der Waals surface area (Å²) in [5.74, 6) is -1.95. The zero-order chi connectivity index (χ0) is 10.7. The molecule has 1 saturated heterocycles. The van der Waals surface area contributed by atoms with Gasteiger partial charge in [-0.1, -0.05) is 0 Å². The third-order valence-electron chi connectivity index (χ3n) is 2.43. The molecule has 14 heavy (non-hydrogen) atoms. The summed E-state index contributed by atoms with van der Waals surface area (Å²) in [6.07, 6.45) is 0.0520. The van der Waals surface area contributed by atoms with Crippen LogP contribution in [0.25, 0.3) is 0 Å². The van der Waals surface area contributed by atoms with Gasteiger partial charge in [-0.2, -0.15) is 0 Å². The molecule has 80 valence electrons. The van der Waals surface area contributed by atoms with Crippen LogP contribution in [0.1, 0.15) is 13.3 Å². The first-order valence-electron chi connectivity index (χ1n) is 4.55. The van der Waals surface area contributed by atoms with Crippen molar-refractivity contribution in [1.29, 1.82) is 0 Å². The van der Waals surface area contributed by atoms with E-state index in [4.69, 9.17) is 4.74 Å². The largest absolute Gasteiger partial charge is 0.550 e. The Morgan fingerprint density at radius 3 is 2.86 bits per heavy atom. The standard InChI is InChI=1S/C9H15NO4/c1-6(5-14-2)10-4-7(9(12)13)3-8(10)11/h6-7H,3-5H2,1-2H3,(H,12,13)/p-1/t6-,7+/m1/s1. The van der Waals surface area contributed by atoms with Gasteiger partial charge in [0.1, 0.15) is 0 Å². The molecule has 0 aliphatic carbocycles. The van der Waals surface area contributed by atoms with Gasteiger partial charge in [-0.3, -0.25) is 4.79 Å². The van der Waals surface area contributed by atoms with Crippen molar-refractivity contribution in [1.82, 2.24) is 4.90 Å². The van der Waals surface area contributed by atoms with E-state index in [0.29, 0.717) is 6.61 Å². The predicted molar refractivity (Wildman–Crippen MR) is 46.2 cm³/mol. The predicted octanol–water partition coefficient (Wildman–Crippen LogP) is -1.38. The van der Waals surface area contributed by atoms with Crippen molar-refractivity contribution in [3.63, 3.8) is 0 Å². The lowest BCUT2D eigenvalue weighted by Gasteiger charge is -2.24. The quantitative estimate of drug-likeness (QED) is 0.561. The molecule has 1 amide bonds. The molecule has 0 saturated carbocycles. The molecule has 0 radical (unpaired) electrons. The fourth-order valence-corrected chi connectivity index (χ4v) is 1.65. The van der Waals surface area contributed by atoms with Crippen molar-refractivity contribution in [2.24, 2.45) is 5.92 Å². The highest BCUT2D eigenvalue weighted by molar-refractivity contribution is 5.85. The number of rotatable bonds is 4. The highest BCUT2D eigenvalue weighted by Gasteiger charge is 2.32. The summed E-state index contributed by atoms with van der Waals surface area (Å²) in [4.78, 5) is 23.5. The summed E-state index contributed by atoms with van der Waals surface area (Å²) in [5.41, 5.74) is 0. The van der Waals surface area contributed by atoms with Crippen molar-refractivity contribution >= 4 is 11.9 Å². The molecule has 0 unspecified atom stereocenters. The summed E-state index contributed by atoms with van der Waals surface area (Å²) < 4.78 is 4.90. The summed E-state index contributed by atoms with van der Waals surface area (Å²) in [7, 11) is 1.55. The number of carboxylic acid groups (broad SMARTS) is 1. The molecule has 0 aromatic heterocycles. The molecule has 1 aliphatic rings. The maximum Gasteiger partial charge on any atom is 0.223 e. The number of hydrogen-bond donors (Lipinski definition) is 0. The monoisotopic (exact) mass is 200 g/mol. The summed E-state index contributed by atoms with van der Waals surface area (Å²) in [6.45, 7) is 2.50. The molecule has 1 rings (SSSR count). The van der Waals surface area contributed by atoms with Gasteiger partial charge in [0.05, 0.1) is 12.6 Å². The van der Waals surface area contributed by atoms with E-state index in [0.717, 1.165) is 0 Å². The van der Waals surface area contributed by atoms with Gasteiger partial charge in [0.15, 0.2) is 0 Å². The first-order chi connectivity index (χ1) is 6.56. The number of amides is 1. The van der Waals surface area contributed by atoms with Crippen LogP contribution in [-0.2, 0) is 14.3 Å². The van der Waals surface area contributed by atoms with Crippen molar-refractivity contribution in [3.8, 4) is 0 Å². The van der Waals surface area contributed by atoms with Gasteiger partial charge < -0.3 is 19.5 Å². The van der Waals surface area contributed by atoms with Crippen molar-refractivity contribution < 1.29 is 19.4 Å². The van der Waals surface area contributed by atoms with Gasteiger partial charge in [0.2, 0.25) is 5.91 Å². The molecule has 1 fully saturated rings. The van der Waals surface area contributed by atoms with E-state index in [1.54, 1.807) is 7.11 Å². The number of likely N-dealkylation sites (tertiary alicyclic amines) is 1. The fraction of sp³-hybridized carbons (Fsp3) is 0.778. The minimum absolute atomic E-state index is 0.0520. The van der Waals surface area contributed by atoms with Gasteiger partial charge in [-0.05, 0) is 6.92 Å². The average Bonchev–Trinajstić information content (AvgIpc) is 2.48. The number of methoxy groups -OCH3 is 1. The summed E-state index contributed by atoms with van der Waals surface area (Å²) in [6, 6.07) is -0.0724. The lowest BCUT2D eigenvalue weighted by molar-refractivity contribution is -0.311. The number of carbonyl (C=O) groups is 2. The maximum atomic E-state index is 11.4. The zero-order valence-electron chi connectivity index (χ0n) is 8.36. The van der Waals surface area contributed by atoms with E-state index in [1.165, 1.54) is 4.90 Å². The molecular weight excluding hydrogens is 186 g/mol. The third kappa shape index (κ3) is 2.23. The SMILES string of the molecule is COC[C@@H](C)N1C[C@@H](C(=O)[O-])CC1=O. The van der Waals surface area contributed by atoms with E-state index in [-0.39, 0.29) is 24.9 Å². The van der Waals surface area contributed by atoms with Gasteiger partial charge in [-0.15, -0.1) is 0 Å². The van der Waals surface area contributed by atoms with Gasteiger partial charge >= 0.3 is 0 Å². The van der Waals surface area contributed by atoms with Crippen LogP contribution in [0, 0.1) is 5.92 Å². The molecule has 0 spiro atoms. The Balaban J connectivity index is 2.56. The van der Waals surface area contributed by atoms with E-state index in [9.17, 15) is 14.7 Å². The van der Waals surface area contributed by atoms with Crippen LogP contribution in [0.4, 0.5) is 0 Å². The van der Waals surface area contributed by atoms with Crippen LogP contribution in [-0.4, -0.2) is 43.1 Å². The maximum absolute atomic E-state index is 11.4. The Labute approximate surface area is 82.6 Å². The van der Waals surface area contributed by atoms with Crippen LogP contribution in [0.3, 0.4) is 0 Å². The van der Waals surface area contributed by atoms with Crippen molar-refractivity contribution in [3.05, 3.63) is 0 Å². The van der Waals surface area contributed by atoms with Gasteiger partial charge in [-0.25, -0.2) is 0 Å². The van der Waals surface area contributed by atoms with Crippen LogP contribution in [0.2, 0.25) is 0 Å². The molecule has 5 heteroatoms. The molecule has 0 bridgehead atoms. The second-order valence-corrected chi connectivity index (χ2v) is 3.57. The molecule has 0 aromatic rings. The van der Waals surface area contributed by atoms with Crippen LogP contribution in [0.5, 0.6) is 0 Å². The van der Waals surface area contributed by atoms with E-state index >= 15 is 0 Å². The lowest BCUT2D eigenvalue weighted by atomic mass is 10.1. The highest BCUT2D eigenvalue weighted by atomic mass is 16.5. The molecule has 0 N–H and O–H groups in total. The Morgan fingerprint density at radius 1 is 1.79 bits per heavy atom. The Morgan fingerprint density at radius 2 is 2.43 bits per heavy atom. The topological polar surface area (TPSA) is 69.7 Å². The van der Waals surface area contributed by atoms with Crippen LogP contribution in [0.15, 0.2) is 0 Å². The smallest absolute Gasteiger partial charge is 0.223 e. The molecular formula is C9H14NO4-. The van der Waals surface area contributed by atoms with E-state index < -0.39 is 11.9 Å². The highest BCUT2D eigenvalue weighted by Crippen LogP contribution is 2.19. The molecule has 5 nitrogen and oxygen atoms in total. The minimum Gasteiger partial charge on any atom is -0.550 e. The number of aliphatic carboxylic acids is 1. The number of ether oxygens (including phenoxy) is 1. The molecule has 2 atom stereocenters. The number of nitrogens with zero attached hydrogens (tertiary/aromatic N) is 1. The van der Waals surface area contributed by atoms with E-state index in [2.05, 4.69) is 0 Å². The van der Waals surface area contributed by atoms with Gasteiger partial charge in [0, 0.05) is 32.0 Å². The average molecular weight is 200 g/mol. The van der Waals surface area contributed by atoms with E-state index in [1.807, 2.05) is 6.92 Å². The Bertz CT molecular complexity index is 241. The second kappa shape index (κ2) is 4.41. The minimum atomic E-state index is -1.15. The fourth-order valence-electron chi connectivity index (χ4n) is 1.65. The lowest BCUT2D eigenvalue weighted by Crippen LogP contribution is -2.39. The second-order valence-electron chi connectivity index (χ2n) is 3.57. The molecule has 0 aromatic carbocycles. The number of carbonyl (C=O) groups excluding carboxylic acids is 2. The third-order valence-corrected chi connectivity index (χ3v) is 2.43. The van der Waals surface area contributed by atoms with Gasteiger partial charge in [0.25, 0.3) is 0 Å². The number of hydrogen-bond acceptors (Lipinski definition) is 4.